The van der Waals surface area contributed by atoms with Gasteiger partial charge in [0, 0.05) is 0 Å². The lowest BCUT2D eigenvalue weighted by atomic mass is 9.33. The number of hydrogen-bond acceptors (Lipinski definition) is 18. The van der Waals surface area contributed by atoms with Gasteiger partial charge in [-0.1, -0.05) is 60.1 Å². The van der Waals surface area contributed by atoms with E-state index < -0.39 is 134 Å². The van der Waals surface area contributed by atoms with E-state index in [2.05, 4.69) is 54.5 Å². The molecular weight excluding hydrogens is 881 g/mol. The number of aliphatic carboxylic acids is 1. The van der Waals surface area contributed by atoms with Crippen LogP contribution in [0, 0.1) is 50.2 Å². The maximum Gasteiger partial charge on any atom is 0.335 e. The summed E-state index contributed by atoms with van der Waals surface area (Å²) >= 11 is 0. The highest BCUT2D eigenvalue weighted by Crippen LogP contribution is 2.76. The average molecular weight is 957 g/mol. The number of carboxylic acids is 1. The van der Waals surface area contributed by atoms with Crippen molar-refractivity contribution in [3.05, 3.63) is 11.6 Å². The van der Waals surface area contributed by atoms with E-state index in [1.54, 1.807) is 0 Å². The normalized spacial score (nSPS) is 52.6. The largest absolute Gasteiger partial charge is 0.479 e. The third kappa shape index (κ3) is 8.06. The van der Waals surface area contributed by atoms with Crippen LogP contribution in [-0.4, -0.2) is 180 Å². The summed E-state index contributed by atoms with van der Waals surface area (Å²) in [4.78, 5) is 27.0. The molecule has 382 valence electrons. The third-order valence-corrected chi connectivity index (χ3v) is 19.3. The van der Waals surface area contributed by atoms with Gasteiger partial charge in [0.2, 0.25) is 6.29 Å². The Kier molecular flexibility index (Phi) is 13.8. The van der Waals surface area contributed by atoms with Gasteiger partial charge >= 0.3 is 11.9 Å². The Hall–Kier alpha value is -1.92. The molecule has 0 radical (unpaired) electrons. The maximum atomic E-state index is 14.7. The average Bonchev–Trinajstić information content (AvgIpc) is 3.26. The maximum absolute atomic E-state index is 14.7. The number of carboxylic acid groups (broad SMARTS) is 1. The first-order valence-corrected chi connectivity index (χ1v) is 24.3. The highest BCUT2D eigenvalue weighted by molar-refractivity contribution is 5.79. The predicted molar refractivity (Wildman–Crippen MR) is 231 cm³/mol. The van der Waals surface area contributed by atoms with Gasteiger partial charge in [-0.05, 0) is 109 Å². The molecule has 19 nitrogen and oxygen atoms in total. The number of allylic oxidation sites excluding steroid dienone is 2. The molecule has 0 aromatic rings. The van der Waals surface area contributed by atoms with Gasteiger partial charge in [-0.3, -0.25) is 4.79 Å². The Morgan fingerprint density at radius 2 is 1.24 bits per heavy atom. The molecule has 3 heterocycles. The quantitative estimate of drug-likeness (QED) is 0.0838. The van der Waals surface area contributed by atoms with Crippen LogP contribution < -0.4 is 0 Å². The minimum Gasteiger partial charge on any atom is -0.479 e. The predicted octanol–water partition coefficient (Wildman–Crippen LogP) is 0.233. The third-order valence-electron chi connectivity index (χ3n) is 19.3. The van der Waals surface area contributed by atoms with E-state index in [9.17, 15) is 65.8 Å². The van der Waals surface area contributed by atoms with Gasteiger partial charge in [0.25, 0.3) is 0 Å². The van der Waals surface area contributed by atoms with E-state index in [-0.39, 0.29) is 39.4 Å². The lowest BCUT2D eigenvalue weighted by Crippen LogP contribution is -2.67. The Bertz CT molecular complexity index is 1870. The van der Waals surface area contributed by atoms with Gasteiger partial charge in [0.1, 0.15) is 67.1 Å². The summed E-state index contributed by atoms with van der Waals surface area (Å²) in [6, 6.07) is 0. The number of carbonyl (C=O) groups excluding carboxylic acids is 1. The number of esters is 1. The van der Waals surface area contributed by atoms with Crippen molar-refractivity contribution in [3.8, 4) is 0 Å². The topological polar surface area (TPSA) is 312 Å². The highest BCUT2D eigenvalue weighted by atomic mass is 16.8. The van der Waals surface area contributed by atoms with Crippen molar-refractivity contribution in [2.24, 2.45) is 50.2 Å². The molecule has 0 unspecified atom stereocenters. The Morgan fingerprint density at radius 1 is 0.642 bits per heavy atom. The molecule has 4 saturated carbocycles. The summed E-state index contributed by atoms with van der Waals surface area (Å²) in [6.45, 7) is 14.4. The molecule has 7 fully saturated rings. The molecule has 3 aliphatic heterocycles. The molecule has 8 rings (SSSR count). The summed E-state index contributed by atoms with van der Waals surface area (Å²) in [7, 11) is 0. The molecule has 19 heteroatoms. The molecule has 0 aromatic heterocycles. The summed E-state index contributed by atoms with van der Waals surface area (Å²) in [6.07, 6.45) is -16.4. The SMILES string of the molecule is CC1(C)CC[C@]2(C(=O)O[C@@H]3O[C@H](CO)[C@@H](O)[C@H](O)[C@H]3O)CC[C@]3(C)C(=CC[C@@H]4[C@@]5(C)CC[C@H](O[C@@H]6O[C@H](C(=O)O)[C@@H](O)[C@H](O)[C@H]6O[C@H]6O[C@@H](CO)[C@H](O)[C@@H](O)[C@@H]6O)C(C)(C)[C@@H]5CC[C@]43C)[C@@H]2C1. The molecular formula is C48H76O19. The molecule has 11 N–H and O–H groups in total. The Morgan fingerprint density at radius 3 is 1.85 bits per heavy atom. The summed E-state index contributed by atoms with van der Waals surface area (Å²) in [5.74, 6) is -1.94. The first kappa shape index (κ1) is 51.4. The van der Waals surface area contributed by atoms with E-state index in [0.717, 1.165) is 38.5 Å². The van der Waals surface area contributed by atoms with E-state index in [1.165, 1.54) is 5.57 Å². The summed E-state index contributed by atoms with van der Waals surface area (Å²) in [5, 5.41) is 115. The fraction of sp³-hybridized carbons (Fsp3) is 0.917. The molecule has 67 heavy (non-hydrogen) atoms. The van der Waals surface area contributed by atoms with Gasteiger partial charge < -0.3 is 84.6 Å². The van der Waals surface area contributed by atoms with Gasteiger partial charge in [-0.2, -0.15) is 0 Å². The number of aliphatic hydroxyl groups is 10. The van der Waals surface area contributed by atoms with Crippen molar-refractivity contribution in [1.29, 1.82) is 0 Å². The minimum atomic E-state index is -1.98. The Balaban J connectivity index is 1.05. The monoisotopic (exact) mass is 956 g/mol. The number of aliphatic hydroxyl groups excluding tert-OH is 10. The van der Waals surface area contributed by atoms with E-state index in [0.29, 0.717) is 25.7 Å². The van der Waals surface area contributed by atoms with E-state index >= 15 is 0 Å². The Labute approximate surface area is 391 Å². The molecule has 8 aliphatic rings. The van der Waals surface area contributed by atoms with Gasteiger partial charge in [0.05, 0.1) is 24.7 Å². The van der Waals surface area contributed by atoms with Crippen molar-refractivity contribution in [3.63, 3.8) is 0 Å². The van der Waals surface area contributed by atoms with E-state index in [1.807, 2.05) is 0 Å². The second-order valence-electron chi connectivity index (χ2n) is 23.5. The lowest BCUT2D eigenvalue weighted by molar-refractivity contribution is -0.374. The van der Waals surface area contributed by atoms with Gasteiger partial charge in [-0.15, -0.1) is 0 Å². The lowest BCUT2D eigenvalue weighted by Gasteiger charge is -2.71. The first-order chi connectivity index (χ1) is 31.2. The zero-order chi connectivity index (χ0) is 49.1. The van der Waals surface area contributed by atoms with Crippen LogP contribution in [0.4, 0.5) is 0 Å². The minimum absolute atomic E-state index is 0.0828. The summed E-state index contributed by atoms with van der Waals surface area (Å²) < 4.78 is 35.7. The van der Waals surface area contributed by atoms with Crippen LogP contribution in [0.3, 0.4) is 0 Å². The van der Waals surface area contributed by atoms with Crippen LogP contribution in [-0.2, 0) is 38.0 Å². The van der Waals surface area contributed by atoms with Crippen LogP contribution in [0.25, 0.3) is 0 Å². The van der Waals surface area contributed by atoms with Crippen molar-refractivity contribution < 1.29 is 94.2 Å². The molecule has 3 saturated heterocycles. The second-order valence-corrected chi connectivity index (χ2v) is 23.5. The molecule has 5 aliphatic carbocycles. The van der Waals surface area contributed by atoms with Crippen molar-refractivity contribution in [1.82, 2.24) is 0 Å². The highest BCUT2D eigenvalue weighted by Gasteiger charge is 2.70. The van der Waals surface area contributed by atoms with Crippen LogP contribution in [0.2, 0.25) is 0 Å². The summed E-state index contributed by atoms with van der Waals surface area (Å²) in [5.41, 5.74) is -1.05. The standard InChI is InChI=1S/C48H76O19/c1-43(2)14-16-48(42(61)67-40-35(58)31(54)29(52)24(20-50)63-40)17-15-46(6)21(22(48)18-43)8-9-26-45(5)12-11-27(44(3,4)25(45)10-13-47(26,46)7)64-41-37(33(56)32(55)36(65-41)38(59)60)66-39-34(57)30(53)28(51)23(19-49)62-39/h8,22-37,39-41,49-58H,9-20H2,1-7H3,(H,59,60)/t22-,23-,24+,25-,26+,27-,28-,29+,30+,31-,32-,33-,34-,35+,36-,37+,39+,40-,41+,45-,46+,47+,48-/m0/s1. The fourth-order valence-electron chi connectivity index (χ4n) is 15.0. The van der Waals surface area contributed by atoms with Crippen LogP contribution in [0.5, 0.6) is 0 Å². The zero-order valence-corrected chi connectivity index (χ0v) is 39.7. The zero-order valence-electron chi connectivity index (χ0n) is 39.7. The van der Waals surface area contributed by atoms with Crippen LogP contribution >= 0.6 is 0 Å². The van der Waals surface area contributed by atoms with Crippen molar-refractivity contribution in [2.45, 2.75) is 211 Å². The van der Waals surface area contributed by atoms with Crippen LogP contribution in [0.15, 0.2) is 11.6 Å². The number of ether oxygens (including phenoxy) is 6. The van der Waals surface area contributed by atoms with Gasteiger partial charge in [-0.25, -0.2) is 4.79 Å². The fourth-order valence-corrected chi connectivity index (χ4v) is 15.0. The first-order valence-electron chi connectivity index (χ1n) is 24.3. The number of hydrogen-bond donors (Lipinski definition) is 11. The number of fused-ring (bicyclic) bond motifs is 7. The van der Waals surface area contributed by atoms with Crippen molar-refractivity contribution in [2.75, 3.05) is 13.2 Å². The van der Waals surface area contributed by atoms with E-state index in [4.69, 9.17) is 28.4 Å². The van der Waals surface area contributed by atoms with Crippen molar-refractivity contribution >= 4 is 11.9 Å². The van der Waals surface area contributed by atoms with Crippen LogP contribution in [0.1, 0.15) is 113 Å². The smallest absolute Gasteiger partial charge is 0.335 e. The van der Waals surface area contributed by atoms with Gasteiger partial charge in [0.15, 0.2) is 18.7 Å². The molecule has 0 bridgehead atoms. The molecule has 0 amide bonds. The molecule has 0 spiro atoms. The number of carbonyl (C=O) groups is 2. The number of rotatable bonds is 9. The molecule has 23 atom stereocenters. The molecule has 0 aromatic carbocycles. The second kappa shape index (κ2) is 18.0.